The molecule has 0 radical (unpaired) electrons. The highest BCUT2D eigenvalue weighted by Gasteiger charge is 2.06. The monoisotopic (exact) mass is 317 g/mol. The molecule has 1 nitrogen and oxygen atoms in total. The number of aryl methyl sites for hydroxylation is 3. The normalized spacial score (nSPS) is 9.88. The largest absolute Gasteiger partial charge is 0.344 e. The Bertz CT molecular complexity index is 901. The molecule has 0 saturated carbocycles. The van der Waals surface area contributed by atoms with Crippen molar-refractivity contribution in [1.29, 1.82) is 0 Å². The van der Waals surface area contributed by atoms with Gasteiger partial charge in [-0.2, -0.15) is 0 Å². The molecule has 4 aromatic rings. The minimum absolute atomic E-state index is 1.30. The molecule has 0 aliphatic heterocycles. The van der Waals surface area contributed by atoms with Crippen molar-refractivity contribution in [1.82, 2.24) is 4.57 Å². The first-order chi connectivity index (χ1) is 11.7. The molecule has 0 amide bonds. The Labute approximate surface area is 145 Å². The van der Waals surface area contributed by atoms with Gasteiger partial charge in [-0.3, -0.25) is 0 Å². The van der Waals surface area contributed by atoms with Crippen molar-refractivity contribution in [3.63, 3.8) is 0 Å². The van der Waals surface area contributed by atoms with Crippen LogP contribution in [0.15, 0.2) is 72.8 Å². The molecule has 0 fully saturated rings. The van der Waals surface area contributed by atoms with E-state index < -0.39 is 0 Å². The van der Waals surface area contributed by atoms with Gasteiger partial charge in [-0.15, -0.1) is 0 Å². The maximum atomic E-state index is 2.26. The SMILES string of the molecule is CC.Cc1ccc2c(c1)c1ccccc1n2C.Cc1ccccc1. The minimum atomic E-state index is 1.30. The van der Waals surface area contributed by atoms with Crippen LogP contribution in [0.2, 0.25) is 0 Å². The van der Waals surface area contributed by atoms with Crippen molar-refractivity contribution in [3.05, 3.63) is 83.9 Å². The van der Waals surface area contributed by atoms with Crippen molar-refractivity contribution in [2.24, 2.45) is 7.05 Å². The van der Waals surface area contributed by atoms with E-state index in [-0.39, 0.29) is 0 Å². The van der Waals surface area contributed by atoms with E-state index in [2.05, 4.69) is 80.1 Å². The highest BCUT2D eigenvalue weighted by Crippen LogP contribution is 2.28. The van der Waals surface area contributed by atoms with Crippen LogP contribution in [0.3, 0.4) is 0 Å². The topological polar surface area (TPSA) is 4.93 Å². The second-order valence-corrected chi connectivity index (χ2v) is 5.75. The first kappa shape index (κ1) is 17.8. The smallest absolute Gasteiger partial charge is 0.0488 e. The lowest BCUT2D eigenvalue weighted by atomic mass is 10.1. The van der Waals surface area contributed by atoms with Crippen LogP contribution in [-0.4, -0.2) is 4.57 Å². The van der Waals surface area contributed by atoms with E-state index in [0.29, 0.717) is 0 Å². The Hall–Kier alpha value is -2.54. The summed E-state index contributed by atoms with van der Waals surface area (Å²) in [5.41, 5.74) is 5.25. The Balaban J connectivity index is 0.000000196. The van der Waals surface area contributed by atoms with Gasteiger partial charge in [0, 0.05) is 28.9 Å². The van der Waals surface area contributed by atoms with Crippen LogP contribution in [0.4, 0.5) is 0 Å². The number of nitrogens with zero attached hydrogens (tertiary/aromatic N) is 1. The number of fused-ring (bicyclic) bond motifs is 3. The summed E-state index contributed by atoms with van der Waals surface area (Å²) in [4.78, 5) is 0. The number of benzene rings is 3. The maximum Gasteiger partial charge on any atom is 0.0488 e. The minimum Gasteiger partial charge on any atom is -0.344 e. The highest BCUT2D eigenvalue weighted by atomic mass is 14.9. The molecular formula is C23H27N. The van der Waals surface area contributed by atoms with Crippen molar-refractivity contribution < 1.29 is 0 Å². The second kappa shape index (κ2) is 8.35. The lowest BCUT2D eigenvalue weighted by Gasteiger charge is -1.97. The number of aromatic nitrogens is 1. The molecular weight excluding hydrogens is 290 g/mol. The molecule has 3 aromatic carbocycles. The fourth-order valence-electron chi connectivity index (χ4n) is 2.82. The number of hydrogen-bond acceptors (Lipinski definition) is 0. The average Bonchev–Trinajstić information content (AvgIpc) is 2.91. The predicted octanol–water partition coefficient (Wildman–Crippen LogP) is 6.66. The molecule has 124 valence electrons. The Morgan fingerprint density at radius 2 is 1.17 bits per heavy atom. The third-order valence-electron chi connectivity index (χ3n) is 4.01. The van der Waals surface area contributed by atoms with E-state index in [0.717, 1.165) is 0 Å². The van der Waals surface area contributed by atoms with Gasteiger partial charge >= 0.3 is 0 Å². The van der Waals surface area contributed by atoms with Crippen molar-refractivity contribution in [2.45, 2.75) is 27.7 Å². The molecule has 1 heteroatoms. The first-order valence-electron chi connectivity index (χ1n) is 8.62. The molecule has 0 aliphatic carbocycles. The second-order valence-electron chi connectivity index (χ2n) is 5.75. The van der Waals surface area contributed by atoms with Gasteiger partial charge < -0.3 is 4.57 Å². The van der Waals surface area contributed by atoms with Crippen molar-refractivity contribution in [3.8, 4) is 0 Å². The number of hydrogen-bond donors (Lipinski definition) is 0. The van der Waals surface area contributed by atoms with E-state index in [4.69, 9.17) is 0 Å². The van der Waals surface area contributed by atoms with Crippen LogP contribution in [0.25, 0.3) is 21.8 Å². The lowest BCUT2D eigenvalue weighted by molar-refractivity contribution is 1.01. The van der Waals surface area contributed by atoms with Crippen molar-refractivity contribution in [2.75, 3.05) is 0 Å². The molecule has 24 heavy (non-hydrogen) atoms. The van der Waals surface area contributed by atoms with E-state index >= 15 is 0 Å². The van der Waals surface area contributed by atoms with Gasteiger partial charge in [0.05, 0.1) is 0 Å². The van der Waals surface area contributed by atoms with E-state index in [9.17, 15) is 0 Å². The molecule has 1 aromatic heterocycles. The predicted molar refractivity (Wildman–Crippen MR) is 108 cm³/mol. The molecule has 0 spiro atoms. The van der Waals surface area contributed by atoms with E-state index in [1.54, 1.807) is 0 Å². The average molecular weight is 317 g/mol. The molecule has 0 N–H and O–H groups in total. The summed E-state index contributed by atoms with van der Waals surface area (Å²) in [7, 11) is 2.12. The van der Waals surface area contributed by atoms with Crippen LogP contribution in [0.1, 0.15) is 25.0 Å². The summed E-state index contributed by atoms with van der Waals surface area (Å²) in [6.07, 6.45) is 0. The van der Waals surface area contributed by atoms with Gasteiger partial charge in [-0.25, -0.2) is 0 Å². The zero-order valence-corrected chi connectivity index (χ0v) is 15.4. The van der Waals surface area contributed by atoms with Gasteiger partial charge in [0.2, 0.25) is 0 Å². The number of rotatable bonds is 0. The summed E-state index contributed by atoms with van der Waals surface area (Å²) >= 11 is 0. The van der Waals surface area contributed by atoms with Crippen LogP contribution in [-0.2, 0) is 7.05 Å². The van der Waals surface area contributed by atoms with E-state index in [1.165, 1.54) is 32.9 Å². The summed E-state index contributed by atoms with van der Waals surface area (Å²) in [5, 5.41) is 2.70. The zero-order chi connectivity index (χ0) is 17.5. The molecule has 0 atom stereocenters. The fraction of sp³-hybridized carbons (Fsp3) is 0.217. The van der Waals surface area contributed by atoms with Gasteiger partial charge in [0.25, 0.3) is 0 Å². The third kappa shape index (κ3) is 3.86. The molecule has 0 unspecified atom stereocenters. The summed E-state index contributed by atoms with van der Waals surface area (Å²) in [5.74, 6) is 0. The van der Waals surface area contributed by atoms with Crippen LogP contribution in [0.5, 0.6) is 0 Å². The van der Waals surface area contributed by atoms with Crippen LogP contribution in [0, 0.1) is 13.8 Å². The van der Waals surface area contributed by atoms with Crippen LogP contribution >= 0.6 is 0 Å². The Kier molecular flexibility index (Phi) is 6.20. The molecule has 1 heterocycles. The zero-order valence-electron chi connectivity index (χ0n) is 15.4. The van der Waals surface area contributed by atoms with Gasteiger partial charge in [-0.1, -0.05) is 79.6 Å². The van der Waals surface area contributed by atoms with Crippen molar-refractivity contribution >= 4 is 21.8 Å². The standard InChI is InChI=1S/C14H13N.C7H8.C2H6/c1-10-7-8-14-12(9-10)11-5-3-4-6-13(11)15(14)2;1-7-5-3-2-4-6-7;1-2/h3-9H,1-2H3;2-6H,1H3;1-2H3. The quantitative estimate of drug-likeness (QED) is 0.342. The summed E-state index contributed by atoms with van der Waals surface area (Å²) in [6, 6.07) is 25.4. The summed E-state index contributed by atoms with van der Waals surface area (Å²) < 4.78 is 2.25. The molecule has 0 saturated heterocycles. The molecule has 0 aliphatic rings. The third-order valence-corrected chi connectivity index (χ3v) is 4.01. The molecule has 0 bridgehead atoms. The summed E-state index contributed by atoms with van der Waals surface area (Å²) in [6.45, 7) is 8.22. The Morgan fingerprint density at radius 1 is 0.583 bits per heavy atom. The lowest BCUT2D eigenvalue weighted by Crippen LogP contribution is -1.85. The van der Waals surface area contributed by atoms with Gasteiger partial charge in [0.1, 0.15) is 0 Å². The van der Waals surface area contributed by atoms with Crippen LogP contribution < -0.4 is 0 Å². The fourth-order valence-corrected chi connectivity index (χ4v) is 2.82. The van der Waals surface area contributed by atoms with Gasteiger partial charge in [0.15, 0.2) is 0 Å². The Morgan fingerprint density at radius 3 is 1.79 bits per heavy atom. The first-order valence-corrected chi connectivity index (χ1v) is 8.62. The van der Waals surface area contributed by atoms with Gasteiger partial charge in [-0.05, 0) is 32.0 Å². The molecule has 4 rings (SSSR count). The number of para-hydroxylation sites is 1. The highest BCUT2D eigenvalue weighted by molar-refractivity contribution is 6.08. The maximum absolute atomic E-state index is 2.26. The van der Waals surface area contributed by atoms with E-state index in [1.807, 2.05) is 32.0 Å².